The van der Waals surface area contributed by atoms with Crippen molar-refractivity contribution in [2.75, 3.05) is 12.4 Å². The Labute approximate surface area is 139 Å². The number of aryl methyl sites for hydroxylation is 1. The molecule has 1 aromatic heterocycles. The molecule has 0 saturated heterocycles. The number of nitrogens with zero attached hydrogens (tertiary/aromatic N) is 2. The number of hydrogen-bond donors (Lipinski definition) is 1. The molecule has 0 saturated carbocycles. The van der Waals surface area contributed by atoms with Crippen molar-refractivity contribution in [3.05, 3.63) is 59.9 Å². The van der Waals surface area contributed by atoms with Gasteiger partial charge < -0.3 is 14.6 Å². The zero-order valence-corrected chi connectivity index (χ0v) is 13.4. The molecule has 2 aromatic carbocycles. The number of ether oxygens (including phenoxy) is 1. The summed E-state index contributed by atoms with van der Waals surface area (Å²) >= 11 is 0. The minimum atomic E-state index is -0.121. The molecule has 0 unspecified atom stereocenters. The lowest BCUT2D eigenvalue weighted by atomic mass is 10.1. The van der Waals surface area contributed by atoms with Crippen molar-refractivity contribution in [3.63, 3.8) is 0 Å². The molecule has 6 nitrogen and oxygen atoms in total. The first-order chi connectivity index (χ1) is 11.7. The molecular weight excluding hydrogens is 306 g/mol. The molecule has 122 valence electrons. The number of amides is 1. The highest BCUT2D eigenvalue weighted by Crippen LogP contribution is 2.26. The number of rotatable bonds is 5. The van der Waals surface area contributed by atoms with Crippen molar-refractivity contribution in [3.8, 4) is 17.2 Å². The van der Waals surface area contributed by atoms with Crippen LogP contribution in [-0.2, 0) is 11.2 Å². The van der Waals surface area contributed by atoms with E-state index in [0.29, 0.717) is 23.0 Å². The van der Waals surface area contributed by atoms with E-state index in [0.717, 1.165) is 11.3 Å². The number of para-hydroxylation sites is 1. The minimum absolute atomic E-state index is 0.121. The third-order valence-corrected chi connectivity index (χ3v) is 3.48. The molecule has 0 fully saturated rings. The van der Waals surface area contributed by atoms with Crippen molar-refractivity contribution in [2.24, 2.45) is 0 Å². The van der Waals surface area contributed by atoms with E-state index in [1.54, 1.807) is 20.1 Å². The maximum atomic E-state index is 12.3. The molecule has 1 amide bonds. The van der Waals surface area contributed by atoms with Crippen LogP contribution in [0.1, 0.15) is 11.4 Å². The maximum absolute atomic E-state index is 12.3. The third-order valence-electron chi connectivity index (χ3n) is 3.48. The molecule has 0 radical (unpaired) electrons. The Kier molecular flexibility index (Phi) is 4.56. The van der Waals surface area contributed by atoms with Gasteiger partial charge in [-0.3, -0.25) is 4.79 Å². The van der Waals surface area contributed by atoms with Crippen molar-refractivity contribution in [2.45, 2.75) is 13.3 Å². The molecule has 6 heteroatoms. The third kappa shape index (κ3) is 3.60. The molecule has 24 heavy (non-hydrogen) atoms. The van der Waals surface area contributed by atoms with E-state index in [1.165, 1.54) is 0 Å². The first-order valence-corrected chi connectivity index (χ1v) is 7.48. The van der Waals surface area contributed by atoms with Crippen molar-refractivity contribution >= 4 is 11.6 Å². The van der Waals surface area contributed by atoms with Crippen LogP contribution in [0.4, 0.5) is 5.69 Å². The Bertz CT molecular complexity index is 841. The second-order valence-corrected chi connectivity index (χ2v) is 5.27. The fourth-order valence-electron chi connectivity index (χ4n) is 2.31. The molecule has 0 spiro atoms. The summed E-state index contributed by atoms with van der Waals surface area (Å²) in [4.78, 5) is 16.5. The van der Waals surface area contributed by atoms with E-state index in [9.17, 15) is 4.79 Å². The zero-order valence-electron chi connectivity index (χ0n) is 13.4. The van der Waals surface area contributed by atoms with E-state index >= 15 is 0 Å². The van der Waals surface area contributed by atoms with Crippen molar-refractivity contribution in [1.29, 1.82) is 0 Å². The van der Waals surface area contributed by atoms with Gasteiger partial charge in [0.05, 0.1) is 24.8 Å². The summed E-state index contributed by atoms with van der Waals surface area (Å²) in [5.41, 5.74) is 2.24. The van der Waals surface area contributed by atoms with Crippen LogP contribution in [0.2, 0.25) is 0 Å². The fraction of sp³-hybridized carbons (Fsp3) is 0.167. The Morgan fingerprint density at radius 2 is 1.92 bits per heavy atom. The Hall–Kier alpha value is -3.15. The average Bonchev–Trinajstić information content (AvgIpc) is 3.02. The van der Waals surface area contributed by atoms with Crippen LogP contribution in [0, 0.1) is 6.92 Å². The lowest BCUT2D eigenvalue weighted by Gasteiger charge is -2.09. The van der Waals surface area contributed by atoms with Crippen LogP contribution in [-0.4, -0.2) is 23.2 Å². The average molecular weight is 323 g/mol. The largest absolute Gasteiger partial charge is 0.497 e. The van der Waals surface area contributed by atoms with Crippen molar-refractivity contribution in [1.82, 2.24) is 10.1 Å². The predicted octanol–water partition coefficient (Wildman–Crippen LogP) is 3.23. The van der Waals surface area contributed by atoms with E-state index in [2.05, 4.69) is 15.5 Å². The molecule has 0 atom stereocenters. The summed E-state index contributed by atoms with van der Waals surface area (Å²) < 4.78 is 10.3. The topological polar surface area (TPSA) is 77.2 Å². The van der Waals surface area contributed by atoms with Crippen LogP contribution in [0.3, 0.4) is 0 Å². The van der Waals surface area contributed by atoms with Gasteiger partial charge in [-0.05, 0) is 36.8 Å². The normalized spacial score (nSPS) is 10.4. The van der Waals surface area contributed by atoms with Gasteiger partial charge in [-0.1, -0.05) is 29.4 Å². The highest BCUT2D eigenvalue weighted by atomic mass is 16.5. The second kappa shape index (κ2) is 6.95. The van der Waals surface area contributed by atoms with Crippen LogP contribution in [0.5, 0.6) is 5.75 Å². The molecule has 0 bridgehead atoms. The van der Waals surface area contributed by atoms with Crippen LogP contribution < -0.4 is 10.1 Å². The number of carbonyl (C=O) groups excluding carboxylic acids is 1. The van der Waals surface area contributed by atoms with Crippen LogP contribution in [0.15, 0.2) is 53.1 Å². The summed E-state index contributed by atoms with van der Waals surface area (Å²) in [6, 6.07) is 14.7. The quantitative estimate of drug-likeness (QED) is 0.780. The molecule has 1 heterocycles. The van der Waals surface area contributed by atoms with Crippen LogP contribution in [0.25, 0.3) is 11.5 Å². The molecule has 0 aliphatic heterocycles. The second-order valence-electron chi connectivity index (χ2n) is 5.27. The predicted molar refractivity (Wildman–Crippen MR) is 89.8 cm³/mol. The monoisotopic (exact) mass is 323 g/mol. The Morgan fingerprint density at radius 1 is 1.17 bits per heavy atom. The molecule has 3 rings (SSSR count). The summed E-state index contributed by atoms with van der Waals surface area (Å²) in [5.74, 6) is 1.57. The SMILES string of the molecule is COc1ccc(CC(=O)Nc2ccccc2-c2nc(C)no2)cc1. The van der Waals surface area contributed by atoms with Gasteiger partial charge in [0.25, 0.3) is 5.89 Å². The number of carbonyl (C=O) groups is 1. The standard InChI is InChI=1S/C18H17N3O3/c1-12-19-18(24-21-12)15-5-3-4-6-16(15)20-17(22)11-13-7-9-14(23-2)10-8-13/h3-10H,11H2,1-2H3,(H,20,22). The first kappa shape index (κ1) is 15.7. The van der Waals surface area contributed by atoms with Gasteiger partial charge in [0.2, 0.25) is 5.91 Å². The van der Waals surface area contributed by atoms with Gasteiger partial charge >= 0.3 is 0 Å². The summed E-state index contributed by atoms with van der Waals surface area (Å²) in [6.07, 6.45) is 0.265. The van der Waals surface area contributed by atoms with Gasteiger partial charge in [0.1, 0.15) is 5.75 Å². The number of hydrogen-bond acceptors (Lipinski definition) is 5. The fourth-order valence-corrected chi connectivity index (χ4v) is 2.31. The smallest absolute Gasteiger partial charge is 0.260 e. The van der Waals surface area contributed by atoms with Crippen molar-refractivity contribution < 1.29 is 14.1 Å². The maximum Gasteiger partial charge on any atom is 0.260 e. The van der Waals surface area contributed by atoms with Gasteiger partial charge in [-0.2, -0.15) is 4.98 Å². The number of methoxy groups -OCH3 is 1. The minimum Gasteiger partial charge on any atom is -0.497 e. The lowest BCUT2D eigenvalue weighted by Crippen LogP contribution is -2.15. The summed E-state index contributed by atoms with van der Waals surface area (Å²) in [6.45, 7) is 1.75. The van der Waals surface area contributed by atoms with Crippen LogP contribution >= 0.6 is 0 Å². The summed E-state index contributed by atoms with van der Waals surface area (Å²) in [5, 5.41) is 6.68. The lowest BCUT2D eigenvalue weighted by molar-refractivity contribution is -0.115. The Morgan fingerprint density at radius 3 is 2.58 bits per heavy atom. The molecular formula is C18H17N3O3. The van der Waals surface area contributed by atoms with Gasteiger partial charge in [-0.25, -0.2) is 0 Å². The number of benzene rings is 2. The highest BCUT2D eigenvalue weighted by Gasteiger charge is 2.13. The number of anilines is 1. The van der Waals surface area contributed by atoms with E-state index in [-0.39, 0.29) is 12.3 Å². The van der Waals surface area contributed by atoms with E-state index in [4.69, 9.17) is 9.26 Å². The molecule has 3 aromatic rings. The first-order valence-electron chi connectivity index (χ1n) is 7.48. The molecule has 0 aliphatic carbocycles. The zero-order chi connectivity index (χ0) is 16.9. The number of aromatic nitrogens is 2. The van der Waals surface area contributed by atoms with Gasteiger partial charge in [-0.15, -0.1) is 0 Å². The Balaban J connectivity index is 1.74. The van der Waals surface area contributed by atoms with Gasteiger partial charge in [0, 0.05) is 0 Å². The van der Waals surface area contributed by atoms with E-state index < -0.39 is 0 Å². The number of nitrogens with one attached hydrogen (secondary N) is 1. The van der Waals surface area contributed by atoms with Gasteiger partial charge in [0.15, 0.2) is 5.82 Å². The highest BCUT2D eigenvalue weighted by molar-refractivity contribution is 5.95. The summed E-state index contributed by atoms with van der Waals surface area (Å²) in [7, 11) is 1.61. The molecule has 1 N–H and O–H groups in total. The molecule has 0 aliphatic rings. The van der Waals surface area contributed by atoms with E-state index in [1.807, 2.05) is 42.5 Å².